The fourth-order valence-electron chi connectivity index (χ4n) is 1.95. The van der Waals surface area contributed by atoms with Crippen molar-refractivity contribution in [2.24, 2.45) is 5.41 Å². The molecule has 0 bridgehead atoms. The van der Waals surface area contributed by atoms with Crippen LogP contribution in [0, 0.1) is 5.41 Å². The third-order valence-electron chi connectivity index (χ3n) is 2.65. The van der Waals surface area contributed by atoms with Crippen molar-refractivity contribution in [1.82, 2.24) is 5.32 Å². The number of halogens is 3. The van der Waals surface area contributed by atoms with Gasteiger partial charge in [-0.25, -0.2) is 8.78 Å². The first-order valence-electron chi connectivity index (χ1n) is 3.71. The van der Waals surface area contributed by atoms with E-state index in [0.717, 1.165) is 13.1 Å². The van der Waals surface area contributed by atoms with E-state index in [1.165, 1.54) is 0 Å². The molecule has 0 unspecified atom stereocenters. The number of hydrogen-bond acceptors (Lipinski definition) is 1. The molecule has 2 rings (SSSR count). The summed E-state index contributed by atoms with van der Waals surface area (Å²) in [5.41, 5.74) is -0.0104. The molecule has 1 spiro atoms. The van der Waals surface area contributed by atoms with Gasteiger partial charge in [-0.1, -0.05) is 0 Å². The van der Waals surface area contributed by atoms with E-state index in [1.54, 1.807) is 0 Å². The standard InChI is InChI=1S/C7H11F2N.ClH/c8-7(9)2-1-6(3-7)4-10-5-6;/h10H,1-5H2;1H. The fourth-order valence-corrected chi connectivity index (χ4v) is 1.95. The van der Waals surface area contributed by atoms with Crippen LogP contribution in [0.2, 0.25) is 0 Å². The molecule has 1 N–H and O–H groups in total. The van der Waals surface area contributed by atoms with E-state index >= 15 is 0 Å². The Morgan fingerprint density at radius 2 is 1.73 bits per heavy atom. The molecule has 0 amide bonds. The highest BCUT2D eigenvalue weighted by Gasteiger charge is 2.52. The lowest BCUT2D eigenvalue weighted by atomic mass is 9.80. The first kappa shape index (κ1) is 9.20. The van der Waals surface area contributed by atoms with Crippen molar-refractivity contribution < 1.29 is 8.78 Å². The van der Waals surface area contributed by atoms with Gasteiger partial charge in [0.05, 0.1) is 0 Å². The summed E-state index contributed by atoms with van der Waals surface area (Å²) < 4.78 is 25.3. The Morgan fingerprint density at radius 1 is 1.09 bits per heavy atom. The molecule has 1 aliphatic heterocycles. The van der Waals surface area contributed by atoms with Crippen molar-refractivity contribution in [1.29, 1.82) is 0 Å². The second-order valence-corrected chi connectivity index (χ2v) is 3.64. The van der Waals surface area contributed by atoms with Gasteiger partial charge in [0, 0.05) is 31.3 Å². The van der Waals surface area contributed by atoms with E-state index in [1.807, 2.05) is 0 Å². The summed E-state index contributed by atoms with van der Waals surface area (Å²) in [5.74, 6) is -2.36. The first-order valence-corrected chi connectivity index (χ1v) is 3.71. The van der Waals surface area contributed by atoms with Gasteiger partial charge in [0.25, 0.3) is 0 Å². The molecule has 2 aliphatic rings. The topological polar surface area (TPSA) is 12.0 Å². The molecule has 1 heterocycles. The van der Waals surface area contributed by atoms with Crippen molar-refractivity contribution in [3.05, 3.63) is 0 Å². The lowest BCUT2D eigenvalue weighted by Gasteiger charge is -2.39. The summed E-state index contributed by atoms with van der Waals surface area (Å²) in [5, 5.41) is 3.05. The van der Waals surface area contributed by atoms with Crippen LogP contribution in [0.3, 0.4) is 0 Å². The Hall–Kier alpha value is 0.110. The molecular weight excluding hydrogens is 172 g/mol. The fraction of sp³-hybridized carbons (Fsp3) is 1.00. The van der Waals surface area contributed by atoms with Crippen LogP contribution in [0.5, 0.6) is 0 Å². The van der Waals surface area contributed by atoms with Crippen LogP contribution in [0.1, 0.15) is 19.3 Å². The predicted molar refractivity (Wildman–Crippen MR) is 41.3 cm³/mol. The largest absolute Gasteiger partial charge is 0.316 e. The smallest absolute Gasteiger partial charge is 0.248 e. The van der Waals surface area contributed by atoms with E-state index in [-0.39, 0.29) is 30.7 Å². The maximum atomic E-state index is 12.6. The summed E-state index contributed by atoms with van der Waals surface area (Å²) in [6.07, 6.45) is 0.939. The normalized spacial score (nSPS) is 31.1. The van der Waals surface area contributed by atoms with Crippen molar-refractivity contribution in [3.8, 4) is 0 Å². The molecular formula is C7H12ClF2N. The van der Waals surface area contributed by atoms with Crippen LogP contribution >= 0.6 is 12.4 Å². The maximum Gasteiger partial charge on any atom is 0.248 e. The van der Waals surface area contributed by atoms with Crippen molar-refractivity contribution in [2.75, 3.05) is 13.1 Å². The average Bonchev–Trinajstić information content (AvgIpc) is 2.04. The molecule has 4 heteroatoms. The van der Waals surface area contributed by atoms with E-state index in [0.29, 0.717) is 6.42 Å². The molecule has 0 radical (unpaired) electrons. The summed E-state index contributed by atoms with van der Waals surface area (Å²) in [6, 6.07) is 0. The molecule has 1 aliphatic carbocycles. The molecule has 0 aromatic rings. The lowest BCUT2D eigenvalue weighted by molar-refractivity contribution is -0.0109. The molecule has 0 aromatic carbocycles. The highest BCUT2D eigenvalue weighted by Crippen LogP contribution is 2.49. The van der Waals surface area contributed by atoms with Gasteiger partial charge in [0.1, 0.15) is 0 Å². The number of hydrogen-bond donors (Lipinski definition) is 1. The quantitative estimate of drug-likeness (QED) is 0.604. The van der Waals surface area contributed by atoms with Crippen molar-refractivity contribution in [2.45, 2.75) is 25.2 Å². The predicted octanol–water partition coefficient (Wildman–Crippen LogP) is 1.82. The van der Waals surface area contributed by atoms with Gasteiger partial charge in [0.15, 0.2) is 0 Å². The van der Waals surface area contributed by atoms with Gasteiger partial charge in [-0.3, -0.25) is 0 Å². The highest BCUT2D eigenvalue weighted by molar-refractivity contribution is 5.85. The Labute approximate surface area is 71.0 Å². The number of nitrogens with one attached hydrogen (secondary N) is 1. The molecule has 66 valence electrons. The van der Waals surface area contributed by atoms with Gasteiger partial charge in [-0.05, 0) is 6.42 Å². The third kappa shape index (κ3) is 1.49. The van der Waals surface area contributed by atoms with Gasteiger partial charge in [-0.15, -0.1) is 12.4 Å². The zero-order chi connectivity index (χ0) is 7.24. The van der Waals surface area contributed by atoms with Crippen LogP contribution in [-0.2, 0) is 0 Å². The van der Waals surface area contributed by atoms with E-state index < -0.39 is 5.92 Å². The Balaban J connectivity index is 0.000000605. The third-order valence-corrected chi connectivity index (χ3v) is 2.65. The molecule has 2 fully saturated rings. The van der Waals surface area contributed by atoms with Crippen LogP contribution in [0.15, 0.2) is 0 Å². The van der Waals surface area contributed by atoms with E-state index in [9.17, 15) is 8.78 Å². The van der Waals surface area contributed by atoms with Gasteiger partial charge in [-0.2, -0.15) is 0 Å². The minimum Gasteiger partial charge on any atom is -0.316 e. The maximum absolute atomic E-state index is 12.6. The first-order chi connectivity index (χ1) is 4.62. The lowest BCUT2D eigenvalue weighted by Crippen LogP contribution is -2.52. The second kappa shape index (κ2) is 2.56. The Kier molecular flexibility index (Phi) is 2.14. The van der Waals surface area contributed by atoms with E-state index in [4.69, 9.17) is 0 Å². The summed E-state index contributed by atoms with van der Waals surface area (Å²) >= 11 is 0. The van der Waals surface area contributed by atoms with Crippen LogP contribution < -0.4 is 5.32 Å². The minimum atomic E-state index is -2.36. The number of rotatable bonds is 0. The van der Waals surface area contributed by atoms with Crippen molar-refractivity contribution in [3.63, 3.8) is 0 Å². The van der Waals surface area contributed by atoms with Gasteiger partial charge in [0.2, 0.25) is 5.92 Å². The zero-order valence-electron chi connectivity index (χ0n) is 6.20. The average molecular weight is 184 g/mol. The molecule has 1 saturated carbocycles. The van der Waals surface area contributed by atoms with Crippen LogP contribution in [0.4, 0.5) is 8.78 Å². The van der Waals surface area contributed by atoms with Gasteiger partial charge < -0.3 is 5.32 Å². The molecule has 1 saturated heterocycles. The van der Waals surface area contributed by atoms with Crippen LogP contribution in [0.25, 0.3) is 0 Å². The molecule has 0 aromatic heterocycles. The minimum absolute atomic E-state index is 0. The summed E-state index contributed by atoms with van der Waals surface area (Å²) in [7, 11) is 0. The zero-order valence-corrected chi connectivity index (χ0v) is 7.02. The molecule has 0 atom stereocenters. The molecule has 11 heavy (non-hydrogen) atoms. The van der Waals surface area contributed by atoms with E-state index in [2.05, 4.69) is 5.32 Å². The number of alkyl halides is 2. The Bertz CT molecular complexity index is 157. The summed E-state index contributed by atoms with van der Waals surface area (Å²) in [4.78, 5) is 0. The van der Waals surface area contributed by atoms with Gasteiger partial charge >= 0.3 is 0 Å². The SMILES string of the molecule is Cl.FC1(F)CCC2(CNC2)C1. The second-order valence-electron chi connectivity index (χ2n) is 3.64. The Morgan fingerprint density at radius 3 is 1.91 bits per heavy atom. The van der Waals surface area contributed by atoms with Crippen LogP contribution in [-0.4, -0.2) is 19.0 Å². The monoisotopic (exact) mass is 183 g/mol. The summed E-state index contributed by atoms with van der Waals surface area (Å²) in [6.45, 7) is 1.62. The molecule has 1 nitrogen and oxygen atoms in total. The van der Waals surface area contributed by atoms with Crippen molar-refractivity contribution >= 4 is 12.4 Å². The highest BCUT2D eigenvalue weighted by atomic mass is 35.5.